The molecule has 0 saturated carbocycles. The Morgan fingerprint density at radius 3 is 2.57 bits per heavy atom. The third-order valence-electron chi connectivity index (χ3n) is 5.01. The van der Waals surface area contributed by atoms with Crippen molar-refractivity contribution in [2.75, 3.05) is 40.0 Å². The monoisotopic (exact) mass is 399 g/mol. The van der Waals surface area contributed by atoms with Crippen molar-refractivity contribution in [3.63, 3.8) is 0 Å². The molecule has 0 bridgehead atoms. The third kappa shape index (κ3) is 3.90. The SMILES string of the molecule is COc1ccc2c(=O)n(CCN3CCOCC3)c(-c3ccc(Cl)cc3)nc2c1. The van der Waals surface area contributed by atoms with E-state index >= 15 is 0 Å². The largest absolute Gasteiger partial charge is 0.497 e. The van der Waals surface area contributed by atoms with Crippen molar-refractivity contribution >= 4 is 22.5 Å². The van der Waals surface area contributed by atoms with Gasteiger partial charge in [0.25, 0.3) is 5.56 Å². The summed E-state index contributed by atoms with van der Waals surface area (Å²) in [5, 5.41) is 1.23. The van der Waals surface area contributed by atoms with Crippen LogP contribution < -0.4 is 10.3 Å². The van der Waals surface area contributed by atoms with E-state index in [4.69, 9.17) is 26.1 Å². The summed E-state index contributed by atoms with van der Waals surface area (Å²) < 4.78 is 12.5. The first kappa shape index (κ1) is 18.9. The lowest BCUT2D eigenvalue weighted by molar-refractivity contribution is 0.0363. The molecule has 146 valence electrons. The topological polar surface area (TPSA) is 56.6 Å². The predicted octanol–water partition coefficient (Wildman–Crippen LogP) is 3.06. The number of halogens is 1. The molecule has 0 atom stereocenters. The number of ether oxygens (including phenoxy) is 2. The molecule has 1 fully saturated rings. The molecule has 28 heavy (non-hydrogen) atoms. The minimum Gasteiger partial charge on any atom is -0.497 e. The molecule has 1 aromatic heterocycles. The quantitative estimate of drug-likeness (QED) is 0.660. The standard InChI is InChI=1S/C21H22ClN3O3/c1-27-17-6-7-18-19(14-17)23-20(15-2-4-16(22)5-3-15)25(21(18)26)9-8-24-10-12-28-13-11-24/h2-7,14H,8-13H2,1H3. The van der Waals surface area contributed by atoms with Crippen LogP contribution in [0.15, 0.2) is 47.3 Å². The molecule has 0 aliphatic carbocycles. The minimum absolute atomic E-state index is 0.0501. The van der Waals surface area contributed by atoms with E-state index in [9.17, 15) is 4.79 Å². The fourth-order valence-corrected chi connectivity index (χ4v) is 3.55. The van der Waals surface area contributed by atoms with Gasteiger partial charge < -0.3 is 9.47 Å². The molecule has 0 radical (unpaired) electrons. The second-order valence-corrected chi connectivity index (χ2v) is 7.17. The average molecular weight is 400 g/mol. The average Bonchev–Trinajstić information content (AvgIpc) is 2.74. The number of aromatic nitrogens is 2. The Morgan fingerprint density at radius 2 is 1.86 bits per heavy atom. The van der Waals surface area contributed by atoms with E-state index in [1.54, 1.807) is 29.9 Å². The molecule has 4 rings (SSSR count). The van der Waals surface area contributed by atoms with Crippen LogP contribution in [0.3, 0.4) is 0 Å². The van der Waals surface area contributed by atoms with Crippen LogP contribution in [0, 0.1) is 0 Å². The van der Waals surface area contributed by atoms with Crippen LogP contribution in [0.1, 0.15) is 0 Å². The zero-order valence-corrected chi connectivity index (χ0v) is 16.5. The van der Waals surface area contributed by atoms with Gasteiger partial charge in [0.05, 0.1) is 31.2 Å². The van der Waals surface area contributed by atoms with Gasteiger partial charge in [-0.2, -0.15) is 0 Å². The number of morpholine rings is 1. The first-order valence-corrected chi connectivity index (χ1v) is 9.68. The fourth-order valence-electron chi connectivity index (χ4n) is 3.42. The Labute approximate surface area is 168 Å². The molecule has 1 aliphatic rings. The summed E-state index contributed by atoms with van der Waals surface area (Å²) in [6, 6.07) is 12.8. The Bertz CT molecular complexity index is 1030. The maximum Gasteiger partial charge on any atom is 0.261 e. The molecule has 0 amide bonds. The van der Waals surface area contributed by atoms with Gasteiger partial charge in [-0.05, 0) is 36.4 Å². The molecular weight excluding hydrogens is 378 g/mol. The lowest BCUT2D eigenvalue weighted by Gasteiger charge is -2.27. The van der Waals surface area contributed by atoms with E-state index in [1.807, 2.05) is 24.3 Å². The number of hydrogen-bond donors (Lipinski definition) is 0. The molecule has 2 heterocycles. The summed E-state index contributed by atoms with van der Waals surface area (Å²) in [6.07, 6.45) is 0. The van der Waals surface area contributed by atoms with Crippen LogP contribution in [0.5, 0.6) is 5.75 Å². The number of benzene rings is 2. The van der Waals surface area contributed by atoms with Crippen molar-refractivity contribution in [1.29, 1.82) is 0 Å². The Morgan fingerprint density at radius 1 is 1.11 bits per heavy atom. The van der Waals surface area contributed by atoms with Crippen LogP contribution in [-0.2, 0) is 11.3 Å². The summed E-state index contributed by atoms with van der Waals surface area (Å²) >= 11 is 6.04. The minimum atomic E-state index is -0.0501. The van der Waals surface area contributed by atoms with E-state index in [-0.39, 0.29) is 5.56 Å². The molecule has 3 aromatic rings. The summed E-state index contributed by atoms with van der Waals surface area (Å²) in [4.78, 5) is 20.4. The van der Waals surface area contributed by atoms with Crippen molar-refractivity contribution in [1.82, 2.24) is 14.5 Å². The maximum absolute atomic E-state index is 13.3. The van der Waals surface area contributed by atoms with E-state index in [2.05, 4.69) is 4.90 Å². The van der Waals surface area contributed by atoms with Crippen molar-refractivity contribution < 1.29 is 9.47 Å². The lowest BCUT2D eigenvalue weighted by atomic mass is 10.1. The van der Waals surface area contributed by atoms with Gasteiger partial charge in [-0.25, -0.2) is 4.98 Å². The summed E-state index contributed by atoms with van der Waals surface area (Å²) in [5.41, 5.74) is 1.43. The highest BCUT2D eigenvalue weighted by molar-refractivity contribution is 6.30. The van der Waals surface area contributed by atoms with Crippen LogP contribution >= 0.6 is 11.6 Å². The second-order valence-electron chi connectivity index (χ2n) is 6.74. The molecular formula is C21H22ClN3O3. The predicted molar refractivity (Wildman–Crippen MR) is 110 cm³/mol. The lowest BCUT2D eigenvalue weighted by Crippen LogP contribution is -2.39. The zero-order valence-electron chi connectivity index (χ0n) is 15.7. The van der Waals surface area contributed by atoms with Gasteiger partial charge in [0.1, 0.15) is 11.6 Å². The van der Waals surface area contributed by atoms with Gasteiger partial charge in [-0.15, -0.1) is 0 Å². The third-order valence-corrected chi connectivity index (χ3v) is 5.26. The fraction of sp³-hybridized carbons (Fsp3) is 0.333. The Kier molecular flexibility index (Phi) is 5.62. The molecule has 1 aliphatic heterocycles. The van der Waals surface area contributed by atoms with Crippen LogP contribution in [0.25, 0.3) is 22.3 Å². The first-order chi connectivity index (χ1) is 13.7. The number of nitrogens with zero attached hydrogens (tertiary/aromatic N) is 3. The van der Waals surface area contributed by atoms with E-state index in [0.717, 1.165) is 38.4 Å². The Hall–Kier alpha value is -2.41. The van der Waals surface area contributed by atoms with Crippen molar-refractivity contribution in [2.24, 2.45) is 0 Å². The highest BCUT2D eigenvalue weighted by Gasteiger charge is 2.16. The summed E-state index contributed by atoms with van der Waals surface area (Å²) in [5.74, 6) is 1.31. The van der Waals surface area contributed by atoms with Crippen LogP contribution in [0.2, 0.25) is 5.02 Å². The number of rotatable bonds is 5. The van der Waals surface area contributed by atoms with E-state index in [1.165, 1.54) is 0 Å². The number of fused-ring (bicyclic) bond motifs is 1. The molecule has 7 heteroatoms. The zero-order chi connectivity index (χ0) is 19.5. The normalized spacial score (nSPS) is 15.1. The second kappa shape index (κ2) is 8.31. The van der Waals surface area contributed by atoms with Gasteiger partial charge in [-0.3, -0.25) is 14.3 Å². The highest BCUT2D eigenvalue weighted by Crippen LogP contribution is 2.23. The highest BCUT2D eigenvalue weighted by atomic mass is 35.5. The van der Waals surface area contributed by atoms with E-state index in [0.29, 0.717) is 34.0 Å². The van der Waals surface area contributed by atoms with Crippen molar-refractivity contribution in [3.05, 3.63) is 57.8 Å². The molecule has 0 N–H and O–H groups in total. The van der Waals surface area contributed by atoms with Crippen LogP contribution in [-0.4, -0.2) is 54.4 Å². The van der Waals surface area contributed by atoms with Gasteiger partial charge in [0, 0.05) is 42.8 Å². The summed E-state index contributed by atoms with van der Waals surface area (Å²) in [7, 11) is 1.60. The first-order valence-electron chi connectivity index (χ1n) is 9.30. The number of hydrogen-bond acceptors (Lipinski definition) is 5. The maximum atomic E-state index is 13.3. The number of methoxy groups -OCH3 is 1. The summed E-state index contributed by atoms with van der Waals surface area (Å²) in [6.45, 7) is 4.55. The van der Waals surface area contributed by atoms with Gasteiger partial charge in [0.2, 0.25) is 0 Å². The Balaban J connectivity index is 1.79. The van der Waals surface area contributed by atoms with Crippen molar-refractivity contribution in [3.8, 4) is 17.1 Å². The molecule has 2 aromatic carbocycles. The smallest absolute Gasteiger partial charge is 0.261 e. The van der Waals surface area contributed by atoms with Gasteiger partial charge >= 0.3 is 0 Å². The van der Waals surface area contributed by atoms with Crippen molar-refractivity contribution in [2.45, 2.75) is 6.54 Å². The molecule has 0 unspecified atom stereocenters. The van der Waals surface area contributed by atoms with Gasteiger partial charge in [-0.1, -0.05) is 11.6 Å². The molecule has 0 spiro atoms. The van der Waals surface area contributed by atoms with Crippen LogP contribution in [0.4, 0.5) is 0 Å². The molecule has 1 saturated heterocycles. The molecule has 6 nitrogen and oxygen atoms in total. The van der Waals surface area contributed by atoms with Gasteiger partial charge in [0.15, 0.2) is 0 Å². The van der Waals surface area contributed by atoms with E-state index < -0.39 is 0 Å².